The molecule has 0 aliphatic heterocycles. The highest BCUT2D eigenvalue weighted by Gasteiger charge is 2.21. The number of hydrogen-bond donors (Lipinski definition) is 1. The van der Waals surface area contributed by atoms with E-state index in [1.54, 1.807) is 43.5 Å². The number of nitrogens with two attached hydrogens (primary N) is 1. The van der Waals surface area contributed by atoms with Gasteiger partial charge in [-0.2, -0.15) is 15.0 Å². The Morgan fingerprint density at radius 3 is 2.65 bits per heavy atom. The Labute approximate surface area is 211 Å². The lowest BCUT2D eigenvalue weighted by Crippen LogP contribution is -2.06. The van der Waals surface area contributed by atoms with Crippen LogP contribution >= 0.6 is 0 Å². The van der Waals surface area contributed by atoms with Gasteiger partial charge in [0.05, 0.1) is 30.0 Å². The molecule has 0 fully saturated rings. The van der Waals surface area contributed by atoms with E-state index in [1.165, 1.54) is 10.7 Å². The summed E-state index contributed by atoms with van der Waals surface area (Å²) in [4.78, 5) is 17.8. The molecular weight excluding hydrogens is 470 g/mol. The molecule has 4 heterocycles. The number of anilines is 1. The summed E-state index contributed by atoms with van der Waals surface area (Å²) in [7, 11) is 1.54. The van der Waals surface area contributed by atoms with Gasteiger partial charge in [0.1, 0.15) is 11.6 Å². The van der Waals surface area contributed by atoms with Crippen LogP contribution in [0.25, 0.3) is 28.0 Å². The van der Waals surface area contributed by atoms with Crippen LogP contribution in [0.4, 0.5) is 5.95 Å². The number of nitrogens with zero attached hydrogens (tertiary/aromatic N) is 8. The van der Waals surface area contributed by atoms with Crippen molar-refractivity contribution >= 4 is 11.6 Å². The van der Waals surface area contributed by atoms with Crippen molar-refractivity contribution in [3.05, 3.63) is 77.4 Å². The minimum Gasteiger partial charge on any atom is -0.481 e. The van der Waals surface area contributed by atoms with Crippen LogP contribution in [0.1, 0.15) is 22.6 Å². The van der Waals surface area contributed by atoms with Crippen LogP contribution in [-0.4, -0.2) is 36.7 Å². The number of nitrogen functional groups attached to an aromatic ring is 1. The Morgan fingerprint density at radius 2 is 1.86 bits per heavy atom. The molecule has 0 bridgehead atoms. The van der Waals surface area contributed by atoms with Gasteiger partial charge in [0.25, 0.3) is 0 Å². The Bertz CT molecular complexity index is 1730. The topological polar surface area (TPSA) is 161 Å². The van der Waals surface area contributed by atoms with Crippen molar-refractivity contribution < 1.29 is 9.47 Å². The summed E-state index contributed by atoms with van der Waals surface area (Å²) in [6.07, 6.45) is 1.54. The summed E-state index contributed by atoms with van der Waals surface area (Å²) >= 11 is 0. The maximum Gasteiger partial charge on any atom is 0.232 e. The number of ether oxygens (including phenoxy) is 2. The first-order valence-corrected chi connectivity index (χ1v) is 11.1. The molecule has 11 heteroatoms. The maximum atomic E-state index is 9.43. The van der Waals surface area contributed by atoms with Gasteiger partial charge in [0.2, 0.25) is 17.7 Å². The highest BCUT2D eigenvalue weighted by Crippen LogP contribution is 2.36. The molecule has 4 aromatic heterocycles. The van der Waals surface area contributed by atoms with Crippen LogP contribution in [0, 0.1) is 29.6 Å². The number of aromatic nitrogens is 6. The Balaban J connectivity index is 1.70. The summed E-state index contributed by atoms with van der Waals surface area (Å²) < 4.78 is 12.6. The Kier molecular flexibility index (Phi) is 6.02. The Morgan fingerprint density at radius 1 is 1.00 bits per heavy atom. The summed E-state index contributed by atoms with van der Waals surface area (Å²) in [5.41, 5.74) is 10.8. The lowest BCUT2D eigenvalue weighted by atomic mass is 9.99. The number of hydrogen-bond acceptors (Lipinski definition) is 10. The van der Waals surface area contributed by atoms with Crippen molar-refractivity contribution in [2.75, 3.05) is 12.8 Å². The second-order valence-electron chi connectivity index (χ2n) is 7.95. The number of aryl methyl sites for hydroxylation is 1. The third kappa shape index (κ3) is 4.45. The smallest absolute Gasteiger partial charge is 0.232 e. The molecule has 5 aromatic rings. The Hall–Kier alpha value is -5.55. The zero-order chi connectivity index (χ0) is 25.9. The van der Waals surface area contributed by atoms with Gasteiger partial charge in [-0.05, 0) is 42.8 Å². The second kappa shape index (κ2) is 9.60. The number of methoxy groups -OCH3 is 1. The maximum absolute atomic E-state index is 9.43. The molecule has 0 spiro atoms. The predicted molar refractivity (Wildman–Crippen MR) is 133 cm³/mol. The van der Waals surface area contributed by atoms with Gasteiger partial charge in [0, 0.05) is 23.5 Å². The lowest BCUT2D eigenvalue weighted by molar-refractivity contribution is 0.283. The quantitative estimate of drug-likeness (QED) is 0.374. The van der Waals surface area contributed by atoms with E-state index in [1.807, 2.05) is 25.1 Å². The molecule has 2 N–H and O–H groups in total. The molecule has 0 amide bonds. The van der Waals surface area contributed by atoms with Crippen molar-refractivity contribution in [1.82, 2.24) is 29.5 Å². The molecule has 0 radical (unpaired) electrons. The summed E-state index contributed by atoms with van der Waals surface area (Å²) in [5, 5.41) is 23.2. The van der Waals surface area contributed by atoms with E-state index in [4.69, 9.17) is 20.2 Å². The van der Waals surface area contributed by atoms with Crippen LogP contribution in [0.3, 0.4) is 0 Å². The lowest BCUT2D eigenvalue weighted by Gasteiger charge is -2.13. The van der Waals surface area contributed by atoms with Gasteiger partial charge in [-0.25, -0.2) is 19.9 Å². The van der Waals surface area contributed by atoms with E-state index in [-0.39, 0.29) is 18.4 Å². The van der Waals surface area contributed by atoms with Crippen molar-refractivity contribution in [3.8, 4) is 46.3 Å². The van der Waals surface area contributed by atoms with Crippen LogP contribution < -0.4 is 15.2 Å². The molecule has 5 rings (SSSR count). The second-order valence-corrected chi connectivity index (χ2v) is 7.95. The normalized spacial score (nSPS) is 10.6. The first-order chi connectivity index (χ1) is 18.0. The molecule has 0 saturated carbocycles. The third-order valence-corrected chi connectivity index (χ3v) is 5.48. The standard InChI is InChI=1S/C26H19N9O2/c1-15-9-19(11-21(31-15)36-2)22-23(17-6-3-5-16(10-17)12-27)33-26(29)35-24(22)32-20(34-35)14-37-25-18(13-28)7-4-8-30-25/h3-11H,14H2,1-2H3,(H2,29,33). The molecular formula is C26H19N9O2. The van der Waals surface area contributed by atoms with Crippen molar-refractivity contribution in [3.63, 3.8) is 0 Å². The summed E-state index contributed by atoms with van der Waals surface area (Å²) in [6, 6.07) is 18.2. The first-order valence-electron chi connectivity index (χ1n) is 11.1. The van der Waals surface area contributed by atoms with E-state index >= 15 is 0 Å². The highest BCUT2D eigenvalue weighted by molar-refractivity contribution is 5.91. The van der Waals surface area contributed by atoms with Crippen LogP contribution in [0.15, 0.2) is 54.7 Å². The molecule has 11 nitrogen and oxygen atoms in total. The van der Waals surface area contributed by atoms with E-state index < -0.39 is 0 Å². The average Bonchev–Trinajstić information content (AvgIpc) is 3.36. The minimum absolute atomic E-state index is 0.0514. The number of benzene rings is 1. The van der Waals surface area contributed by atoms with E-state index in [2.05, 4.69) is 26.1 Å². The zero-order valence-electron chi connectivity index (χ0n) is 19.9. The monoisotopic (exact) mass is 489 g/mol. The van der Waals surface area contributed by atoms with E-state index in [0.717, 1.165) is 11.3 Å². The fourth-order valence-electron chi connectivity index (χ4n) is 3.88. The number of rotatable bonds is 6. The number of pyridine rings is 2. The van der Waals surface area contributed by atoms with Gasteiger partial charge >= 0.3 is 0 Å². The van der Waals surface area contributed by atoms with Gasteiger partial charge in [-0.3, -0.25) is 0 Å². The van der Waals surface area contributed by atoms with E-state index in [9.17, 15) is 10.5 Å². The fourth-order valence-corrected chi connectivity index (χ4v) is 3.88. The summed E-state index contributed by atoms with van der Waals surface area (Å²) in [6.45, 7) is 1.80. The zero-order valence-corrected chi connectivity index (χ0v) is 19.9. The van der Waals surface area contributed by atoms with Gasteiger partial charge in [-0.15, -0.1) is 5.10 Å². The molecule has 180 valence electrons. The molecule has 0 saturated heterocycles. The molecule has 0 atom stereocenters. The van der Waals surface area contributed by atoms with Gasteiger partial charge < -0.3 is 15.2 Å². The average molecular weight is 489 g/mol. The number of nitriles is 2. The number of fused-ring (bicyclic) bond motifs is 1. The van der Waals surface area contributed by atoms with Gasteiger partial charge in [-0.1, -0.05) is 12.1 Å². The first kappa shape index (κ1) is 23.2. The van der Waals surface area contributed by atoms with Crippen molar-refractivity contribution in [1.29, 1.82) is 10.5 Å². The largest absolute Gasteiger partial charge is 0.481 e. The molecule has 0 unspecified atom stereocenters. The van der Waals surface area contributed by atoms with Crippen LogP contribution in [-0.2, 0) is 6.61 Å². The predicted octanol–water partition coefficient (Wildman–Crippen LogP) is 3.47. The SMILES string of the molecule is COc1cc(-c2c(-c3cccc(C#N)c3)nc(N)n3nc(COc4ncccc4C#N)nc23)cc(C)n1. The van der Waals surface area contributed by atoms with Crippen LogP contribution in [0.2, 0.25) is 0 Å². The van der Waals surface area contributed by atoms with Crippen molar-refractivity contribution in [2.24, 2.45) is 0 Å². The van der Waals surface area contributed by atoms with Gasteiger partial charge in [0.15, 0.2) is 18.1 Å². The fraction of sp³-hybridized carbons (Fsp3) is 0.115. The third-order valence-electron chi connectivity index (χ3n) is 5.48. The molecule has 1 aromatic carbocycles. The minimum atomic E-state index is -0.0514. The highest BCUT2D eigenvalue weighted by atomic mass is 16.5. The molecule has 0 aliphatic carbocycles. The van der Waals surface area contributed by atoms with Crippen molar-refractivity contribution in [2.45, 2.75) is 13.5 Å². The van der Waals surface area contributed by atoms with E-state index in [0.29, 0.717) is 45.3 Å². The molecule has 37 heavy (non-hydrogen) atoms. The van der Waals surface area contributed by atoms with Crippen LogP contribution in [0.5, 0.6) is 11.8 Å². The summed E-state index contributed by atoms with van der Waals surface area (Å²) in [5.74, 6) is 1.01. The molecule has 0 aliphatic rings.